The Kier molecular flexibility index (Phi) is 3.82. The van der Waals surface area contributed by atoms with Crippen molar-refractivity contribution in [1.82, 2.24) is 0 Å². The summed E-state index contributed by atoms with van der Waals surface area (Å²) in [4.78, 5) is 0. The molecule has 2 fully saturated rings. The van der Waals surface area contributed by atoms with Gasteiger partial charge >= 0.3 is 0 Å². The molecule has 3 rings (SSSR count). The fraction of sp³-hybridized carbons (Fsp3) is 0.625. The van der Waals surface area contributed by atoms with E-state index < -0.39 is 0 Å². The molecule has 0 N–H and O–H groups in total. The van der Waals surface area contributed by atoms with Crippen LogP contribution in [0.3, 0.4) is 0 Å². The van der Waals surface area contributed by atoms with Gasteiger partial charge in [-0.15, -0.1) is 0 Å². The Bertz CT molecular complexity index is 449. The van der Waals surface area contributed by atoms with Gasteiger partial charge in [-0.3, -0.25) is 0 Å². The van der Waals surface area contributed by atoms with E-state index in [1.165, 1.54) is 5.56 Å². The van der Waals surface area contributed by atoms with E-state index in [-0.39, 0.29) is 30.2 Å². The topological polar surface area (TPSA) is 40.2 Å². The lowest BCUT2D eigenvalue weighted by Gasteiger charge is -2.33. The molecule has 0 aromatic heterocycles. The molecule has 2 heterocycles. The van der Waals surface area contributed by atoms with Crippen molar-refractivity contribution in [3.63, 3.8) is 0 Å². The first-order valence-electron chi connectivity index (χ1n) is 7.18. The highest BCUT2D eigenvalue weighted by Crippen LogP contribution is 2.51. The van der Waals surface area contributed by atoms with Gasteiger partial charge in [0.2, 0.25) is 0 Å². The quantitative estimate of drug-likeness (QED) is 0.776. The zero-order chi connectivity index (χ0) is 14.2. The summed E-state index contributed by atoms with van der Waals surface area (Å²) in [5, 5.41) is 0. The summed E-state index contributed by atoms with van der Waals surface area (Å²) in [6.45, 7) is 4.70. The number of hydrogen-bond acceptors (Lipinski definition) is 4. The van der Waals surface area contributed by atoms with Crippen LogP contribution in [0.1, 0.15) is 25.8 Å². The summed E-state index contributed by atoms with van der Waals surface area (Å²) in [5.74, 6) is 0. The van der Waals surface area contributed by atoms with Gasteiger partial charge < -0.3 is 18.9 Å². The van der Waals surface area contributed by atoms with E-state index >= 15 is 0 Å². The lowest BCUT2D eigenvalue weighted by molar-refractivity contribution is -0.193. The predicted octanol–water partition coefficient (Wildman–Crippen LogP) is 2.51. The Morgan fingerprint density at radius 2 is 2.10 bits per heavy atom. The molecule has 0 unspecified atom stereocenters. The minimum atomic E-state index is -0.302. The molecule has 4 heteroatoms. The summed E-state index contributed by atoms with van der Waals surface area (Å²) >= 11 is 0. The van der Waals surface area contributed by atoms with Gasteiger partial charge in [0.25, 0.3) is 0 Å². The average Bonchev–Trinajstić information content (AvgIpc) is 3.22. The van der Waals surface area contributed by atoms with E-state index in [2.05, 4.69) is 19.1 Å². The summed E-state index contributed by atoms with van der Waals surface area (Å²) in [5.41, 5.74) is 0.871. The second-order valence-electron chi connectivity index (χ2n) is 5.58. The van der Waals surface area contributed by atoms with Crippen LogP contribution in [0.4, 0.5) is 0 Å². The molecule has 2 aliphatic heterocycles. The van der Waals surface area contributed by atoms with Crippen LogP contribution in [0, 0.1) is 0 Å². The number of ether oxygens (including phenoxy) is 4. The van der Waals surface area contributed by atoms with E-state index in [0.717, 1.165) is 6.42 Å². The van der Waals surface area contributed by atoms with Gasteiger partial charge in [-0.05, 0) is 19.4 Å². The van der Waals surface area contributed by atoms with E-state index in [1.807, 2.05) is 25.1 Å². The molecule has 0 bridgehead atoms. The van der Waals surface area contributed by atoms with Crippen LogP contribution in [0.25, 0.3) is 0 Å². The molecule has 4 nitrogen and oxygen atoms in total. The second kappa shape index (κ2) is 5.45. The van der Waals surface area contributed by atoms with Crippen LogP contribution < -0.4 is 0 Å². The highest BCUT2D eigenvalue weighted by molar-refractivity contribution is 5.16. The molecule has 20 heavy (non-hydrogen) atoms. The first-order chi connectivity index (χ1) is 9.66. The number of rotatable bonds is 5. The number of hydrogen-bond donors (Lipinski definition) is 0. The highest BCUT2D eigenvalue weighted by atomic mass is 16.7. The molecule has 0 spiro atoms. The molecule has 0 aliphatic carbocycles. The molecule has 0 radical (unpaired) electrons. The van der Waals surface area contributed by atoms with Crippen molar-refractivity contribution in [2.75, 3.05) is 7.11 Å². The van der Waals surface area contributed by atoms with Crippen LogP contribution in [-0.2, 0) is 25.6 Å². The van der Waals surface area contributed by atoms with Gasteiger partial charge in [-0.1, -0.05) is 30.3 Å². The monoisotopic (exact) mass is 278 g/mol. The minimum absolute atomic E-state index is 0.000474. The van der Waals surface area contributed by atoms with Crippen molar-refractivity contribution >= 4 is 0 Å². The van der Waals surface area contributed by atoms with E-state index in [9.17, 15) is 0 Å². The fourth-order valence-corrected chi connectivity index (χ4v) is 3.13. The molecule has 2 aliphatic rings. The maximum Gasteiger partial charge on any atom is 0.160 e. The summed E-state index contributed by atoms with van der Waals surface area (Å²) in [7, 11) is 1.67. The Balaban J connectivity index is 1.60. The third-order valence-electron chi connectivity index (χ3n) is 4.43. The van der Waals surface area contributed by atoms with Crippen molar-refractivity contribution in [1.29, 1.82) is 0 Å². The Hall–Kier alpha value is -0.940. The smallest absolute Gasteiger partial charge is 0.160 e. The number of methoxy groups -OCH3 is 1. The molecule has 5 atom stereocenters. The molecule has 1 aromatic rings. The third kappa shape index (κ3) is 2.37. The highest BCUT2D eigenvalue weighted by Gasteiger charge is 2.67. The zero-order valence-corrected chi connectivity index (χ0v) is 12.2. The molecule has 2 saturated heterocycles. The first kappa shape index (κ1) is 14.0. The zero-order valence-electron chi connectivity index (χ0n) is 12.2. The number of fused-ring (bicyclic) bond motifs is 1. The van der Waals surface area contributed by atoms with Crippen LogP contribution in [0.5, 0.6) is 0 Å². The van der Waals surface area contributed by atoms with Gasteiger partial charge in [-0.2, -0.15) is 0 Å². The largest absolute Gasteiger partial charge is 0.371 e. The molecule has 110 valence electrons. The lowest BCUT2D eigenvalue weighted by atomic mass is 9.89. The minimum Gasteiger partial charge on any atom is -0.371 e. The Labute approximate surface area is 120 Å². The SMILES string of the molecule is CO[C@H]1C[C@@H]2O[C@]2([C@H](C)OCc2ccccc2)[C@H](C)O1. The normalized spacial score (nSPS) is 37.2. The number of benzene rings is 1. The van der Waals surface area contributed by atoms with Crippen molar-refractivity contribution in [3.05, 3.63) is 35.9 Å². The van der Waals surface area contributed by atoms with Crippen LogP contribution in [0.2, 0.25) is 0 Å². The van der Waals surface area contributed by atoms with E-state index in [4.69, 9.17) is 18.9 Å². The van der Waals surface area contributed by atoms with E-state index in [1.54, 1.807) is 7.11 Å². The molecular weight excluding hydrogens is 256 g/mol. The third-order valence-corrected chi connectivity index (χ3v) is 4.43. The first-order valence-corrected chi connectivity index (χ1v) is 7.18. The van der Waals surface area contributed by atoms with Gasteiger partial charge in [0, 0.05) is 13.5 Å². The van der Waals surface area contributed by atoms with Gasteiger partial charge in [0.1, 0.15) is 5.60 Å². The van der Waals surface area contributed by atoms with Gasteiger partial charge in [0.15, 0.2) is 6.29 Å². The van der Waals surface area contributed by atoms with Crippen molar-refractivity contribution in [2.24, 2.45) is 0 Å². The molecule has 0 saturated carbocycles. The summed E-state index contributed by atoms with van der Waals surface area (Å²) in [6, 6.07) is 10.2. The maximum absolute atomic E-state index is 6.01. The van der Waals surface area contributed by atoms with Crippen LogP contribution in [0.15, 0.2) is 30.3 Å². The van der Waals surface area contributed by atoms with Crippen molar-refractivity contribution in [2.45, 2.75) is 57.1 Å². The van der Waals surface area contributed by atoms with Gasteiger partial charge in [-0.25, -0.2) is 0 Å². The number of epoxide rings is 1. The van der Waals surface area contributed by atoms with Gasteiger partial charge in [0.05, 0.1) is 24.9 Å². The standard InChI is InChI=1S/C16H22O4/c1-11(18-10-13-7-5-4-6-8-13)16-12(2)19-15(17-3)9-14(16)20-16/h4-8,11-12,14-15H,9-10H2,1-3H3/t11-,12-,14-,15+,16+/m0/s1. The van der Waals surface area contributed by atoms with Crippen molar-refractivity contribution in [3.8, 4) is 0 Å². The molecule has 1 aromatic carbocycles. The predicted molar refractivity (Wildman–Crippen MR) is 74.3 cm³/mol. The van der Waals surface area contributed by atoms with Crippen molar-refractivity contribution < 1.29 is 18.9 Å². The fourth-order valence-electron chi connectivity index (χ4n) is 3.13. The molecule has 0 amide bonds. The average molecular weight is 278 g/mol. The summed E-state index contributed by atoms with van der Waals surface area (Å²) in [6.07, 6.45) is 0.784. The molecular formula is C16H22O4. The van der Waals surface area contributed by atoms with Crippen LogP contribution in [-0.4, -0.2) is 37.3 Å². The Morgan fingerprint density at radius 3 is 2.75 bits per heavy atom. The summed E-state index contributed by atoms with van der Waals surface area (Å²) < 4.78 is 23.0. The van der Waals surface area contributed by atoms with E-state index in [0.29, 0.717) is 6.61 Å². The van der Waals surface area contributed by atoms with Crippen LogP contribution >= 0.6 is 0 Å². The Morgan fingerprint density at radius 1 is 1.35 bits per heavy atom. The maximum atomic E-state index is 6.01. The second-order valence-corrected chi connectivity index (χ2v) is 5.58. The lowest BCUT2D eigenvalue weighted by Crippen LogP contribution is -2.49.